The fourth-order valence-corrected chi connectivity index (χ4v) is 2.86. The van der Waals surface area contributed by atoms with Gasteiger partial charge in [-0.05, 0) is 31.2 Å². The van der Waals surface area contributed by atoms with E-state index in [2.05, 4.69) is 20.6 Å². The predicted octanol–water partition coefficient (Wildman–Crippen LogP) is 3.07. The summed E-state index contributed by atoms with van der Waals surface area (Å²) in [5.41, 5.74) is 4.90. The molecule has 5 heteroatoms. The number of hydrogen-bond donors (Lipinski definition) is 3. The number of pyridine rings is 2. The Morgan fingerprint density at radius 1 is 0.769 bits per heavy atom. The van der Waals surface area contributed by atoms with E-state index in [9.17, 15) is 5.11 Å². The minimum atomic E-state index is 0.345. The van der Waals surface area contributed by atoms with Gasteiger partial charge in [-0.2, -0.15) is 0 Å². The lowest BCUT2D eigenvalue weighted by Gasteiger charge is -2.13. The molecule has 0 bridgehead atoms. The minimum Gasteiger partial charge on any atom is -0.507 e. The van der Waals surface area contributed by atoms with Crippen LogP contribution in [0.3, 0.4) is 0 Å². The first kappa shape index (κ1) is 18.0. The van der Waals surface area contributed by atoms with E-state index in [1.807, 2.05) is 55.5 Å². The number of phenols is 1. The van der Waals surface area contributed by atoms with E-state index in [1.54, 1.807) is 12.4 Å². The molecule has 0 fully saturated rings. The maximum absolute atomic E-state index is 10.6. The lowest BCUT2D eigenvalue weighted by atomic mass is 10.0. The molecule has 0 spiro atoms. The smallest absolute Gasteiger partial charge is 0.124 e. The third kappa shape index (κ3) is 5.12. The summed E-state index contributed by atoms with van der Waals surface area (Å²) in [7, 11) is 0. The van der Waals surface area contributed by atoms with Crippen LogP contribution >= 0.6 is 0 Å². The fraction of sp³-hybridized carbons (Fsp3) is 0.238. The SMILES string of the molecule is Cc1cc(CNCc2ccccn2)c(O)c(CNCc2ccccn2)c1. The van der Waals surface area contributed by atoms with Crippen molar-refractivity contribution in [1.29, 1.82) is 0 Å². The zero-order valence-corrected chi connectivity index (χ0v) is 14.9. The Balaban J connectivity index is 1.58. The molecule has 0 aliphatic heterocycles. The number of hydrogen-bond acceptors (Lipinski definition) is 5. The first-order chi connectivity index (χ1) is 12.7. The van der Waals surface area contributed by atoms with Gasteiger partial charge in [0.25, 0.3) is 0 Å². The molecule has 3 rings (SSSR count). The monoisotopic (exact) mass is 348 g/mol. The van der Waals surface area contributed by atoms with Crippen LogP contribution in [-0.4, -0.2) is 15.1 Å². The highest BCUT2D eigenvalue weighted by Crippen LogP contribution is 2.24. The van der Waals surface area contributed by atoms with Gasteiger partial charge in [-0.3, -0.25) is 9.97 Å². The zero-order valence-electron chi connectivity index (χ0n) is 14.9. The van der Waals surface area contributed by atoms with E-state index in [4.69, 9.17) is 0 Å². The highest BCUT2D eigenvalue weighted by molar-refractivity contribution is 5.43. The van der Waals surface area contributed by atoms with Gasteiger partial charge in [-0.25, -0.2) is 0 Å². The molecule has 0 atom stereocenters. The van der Waals surface area contributed by atoms with Gasteiger partial charge >= 0.3 is 0 Å². The number of nitrogens with one attached hydrogen (secondary N) is 2. The largest absolute Gasteiger partial charge is 0.507 e. The Morgan fingerprint density at radius 3 is 1.69 bits per heavy atom. The number of benzene rings is 1. The van der Waals surface area contributed by atoms with Crippen molar-refractivity contribution in [2.45, 2.75) is 33.1 Å². The summed E-state index contributed by atoms with van der Waals surface area (Å²) in [5.74, 6) is 0.345. The Hall–Kier alpha value is -2.76. The molecule has 1 aromatic carbocycles. The molecule has 0 saturated heterocycles. The van der Waals surface area contributed by atoms with Crippen molar-refractivity contribution in [2.24, 2.45) is 0 Å². The van der Waals surface area contributed by atoms with Crippen LogP contribution in [0.25, 0.3) is 0 Å². The predicted molar refractivity (Wildman–Crippen MR) is 102 cm³/mol. The second-order valence-corrected chi connectivity index (χ2v) is 6.28. The quantitative estimate of drug-likeness (QED) is 0.584. The average molecular weight is 348 g/mol. The maximum atomic E-state index is 10.6. The van der Waals surface area contributed by atoms with Gasteiger partial charge in [0, 0.05) is 49.7 Å². The molecular formula is C21H24N4O. The average Bonchev–Trinajstić information content (AvgIpc) is 2.67. The molecule has 3 N–H and O–H groups in total. The molecule has 3 aromatic rings. The lowest BCUT2D eigenvalue weighted by Crippen LogP contribution is -2.16. The van der Waals surface area contributed by atoms with E-state index in [0.29, 0.717) is 31.9 Å². The molecule has 0 aliphatic rings. The van der Waals surface area contributed by atoms with Crippen molar-refractivity contribution >= 4 is 0 Å². The van der Waals surface area contributed by atoms with Gasteiger partial charge < -0.3 is 15.7 Å². The number of aryl methyl sites for hydroxylation is 1. The van der Waals surface area contributed by atoms with Crippen molar-refractivity contribution < 1.29 is 5.11 Å². The number of phenolic OH excluding ortho intramolecular Hbond substituents is 1. The molecule has 0 radical (unpaired) electrons. The molecule has 0 aliphatic carbocycles. The van der Waals surface area contributed by atoms with E-state index in [0.717, 1.165) is 28.1 Å². The van der Waals surface area contributed by atoms with Gasteiger partial charge in [0.15, 0.2) is 0 Å². The Kier molecular flexibility index (Phi) is 6.30. The van der Waals surface area contributed by atoms with Crippen LogP contribution in [0.4, 0.5) is 0 Å². The van der Waals surface area contributed by atoms with Crippen molar-refractivity contribution in [3.63, 3.8) is 0 Å². The number of nitrogens with zero attached hydrogens (tertiary/aromatic N) is 2. The molecule has 134 valence electrons. The highest BCUT2D eigenvalue weighted by Gasteiger charge is 2.09. The summed E-state index contributed by atoms with van der Waals surface area (Å²) >= 11 is 0. The van der Waals surface area contributed by atoms with E-state index < -0.39 is 0 Å². The van der Waals surface area contributed by atoms with E-state index >= 15 is 0 Å². The second kappa shape index (κ2) is 9.08. The third-order valence-electron chi connectivity index (χ3n) is 4.11. The maximum Gasteiger partial charge on any atom is 0.124 e. The summed E-state index contributed by atoms with van der Waals surface area (Å²) in [4.78, 5) is 8.59. The molecule has 26 heavy (non-hydrogen) atoms. The molecular weight excluding hydrogens is 324 g/mol. The first-order valence-corrected chi connectivity index (χ1v) is 8.75. The van der Waals surface area contributed by atoms with E-state index in [-0.39, 0.29) is 0 Å². The number of rotatable bonds is 8. The Labute approximate surface area is 154 Å². The van der Waals surface area contributed by atoms with Gasteiger partial charge in [-0.15, -0.1) is 0 Å². The van der Waals surface area contributed by atoms with Crippen LogP contribution in [0.5, 0.6) is 5.75 Å². The summed E-state index contributed by atoms with van der Waals surface area (Å²) < 4.78 is 0. The summed E-state index contributed by atoms with van der Waals surface area (Å²) in [5, 5.41) is 17.3. The third-order valence-corrected chi connectivity index (χ3v) is 4.11. The van der Waals surface area contributed by atoms with Crippen LogP contribution in [0.15, 0.2) is 60.9 Å². The van der Waals surface area contributed by atoms with Crippen LogP contribution in [-0.2, 0) is 26.2 Å². The molecule has 0 unspecified atom stereocenters. The van der Waals surface area contributed by atoms with Gasteiger partial charge in [0.05, 0.1) is 11.4 Å². The van der Waals surface area contributed by atoms with Crippen molar-refractivity contribution in [3.05, 3.63) is 89.0 Å². The summed E-state index contributed by atoms with van der Waals surface area (Å²) in [6.45, 7) is 4.57. The highest BCUT2D eigenvalue weighted by atomic mass is 16.3. The van der Waals surface area contributed by atoms with Crippen LogP contribution in [0.2, 0.25) is 0 Å². The van der Waals surface area contributed by atoms with Gasteiger partial charge in [0.1, 0.15) is 5.75 Å². The molecule has 5 nitrogen and oxygen atoms in total. The Bertz CT molecular complexity index is 755. The van der Waals surface area contributed by atoms with Crippen LogP contribution in [0.1, 0.15) is 28.1 Å². The van der Waals surface area contributed by atoms with Gasteiger partial charge in [0.2, 0.25) is 0 Å². The standard InChI is InChI=1S/C21H24N4O/c1-16-10-17(12-22-14-19-6-2-4-8-24-19)21(26)18(11-16)13-23-15-20-7-3-5-9-25-20/h2-11,22-23,26H,12-15H2,1H3. The van der Waals surface area contributed by atoms with Crippen LogP contribution in [0, 0.1) is 6.92 Å². The molecule has 0 saturated carbocycles. The van der Waals surface area contributed by atoms with Crippen molar-refractivity contribution in [3.8, 4) is 5.75 Å². The molecule has 0 amide bonds. The number of aromatic nitrogens is 2. The number of aromatic hydroxyl groups is 1. The van der Waals surface area contributed by atoms with Crippen LogP contribution < -0.4 is 10.6 Å². The molecule has 2 aromatic heterocycles. The summed E-state index contributed by atoms with van der Waals surface area (Å²) in [6.07, 6.45) is 3.57. The second-order valence-electron chi connectivity index (χ2n) is 6.28. The lowest BCUT2D eigenvalue weighted by molar-refractivity contribution is 0.453. The molecule has 2 heterocycles. The van der Waals surface area contributed by atoms with E-state index in [1.165, 1.54) is 0 Å². The normalized spacial score (nSPS) is 10.8. The summed E-state index contributed by atoms with van der Waals surface area (Å²) in [6, 6.07) is 15.7. The first-order valence-electron chi connectivity index (χ1n) is 8.75. The zero-order chi connectivity index (χ0) is 18.2. The van der Waals surface area contributed by atoms with Gasteiger partial charge in [-0.1, -0.05) is 29.8 Å². The fourth-order valence-electron chi connectivity index (χ4n) is 2.86. The topological polar surface area (TPSA) is 70.1 Å². The minimum absolute atomic E-state index is 0.345. The Morgan fingerprint density at radius 2 is 1.27 bits per heavy atom. The van der Waals surface area contributed by atoms with Crippen molar-refractivity contribution in [2.75, 3.05) is 0 Å². The van der Waals surface area contributed by atoms with Crippen molar-refractivity contribution in [1.82, 2.24) is 20.6 Å².